The molecule has 0 unspecified atom stereocenters. The minimum absolute atomic E-state index is 0.0970. The monoisotopic (exact) mass is 389 g/mol. The summed E-state index contributed by atoms with van der Waals surface area (Å²) in [5.41, 5.74) is 5.63. The summed E-state index contributed by atoms with van der Waals surface area (Å²) < 4.78 is 1.68. The van der Waals surface area contributed by atoms with E-state index in [4.69, 9.17) is 0 Å². The fourth-order valence-electron chi connectivity index (χ4n) is 2.70. The minimum Gasteiger partial charge on any atom is -0.325 e. The van der Waals surface area contributed by atoms with Crippen LogP contribution < -0.4 is 5.32 Å². The summed E-state index contributed by atoms with van der Waals surface area (Å²) in [5, 5.41) is 16.4. The van der Waals surface area contributed by atoms with Crippen molar-refractivity contribution in [1.29, 1.82) is 0 Å². The number of nitrogens with one attached hydrogen (secondary N) is 1. The summed E-state index contributed by atoms with van der Waals surface area (Å²) in [5.74, 6) is 0.130. The molecule has 4 aromatic rings. The highest BCUT2D eigenvalue weighted by Crippen LogP contribution is 2.21. The molecule has 1 amide bonds. The molecule has 1 N–H and O–H groups in total. The van der Waals surface area contributed by atoms with Gasteiger partial charge >= 0.3 is 0 Å². The highest BCUT2D eigenvalue weighted by molar-refractivity contribution is 7.99. The van der Waals surface area contributed by atoms with Crippen molar-refractivity contribution in [2.45, 2.75) is 19.0 Å². The molecule has 0 aliphatic heterocycles. The van der Waals surface area contributed by atoms with E-state index >= 15 is 0 Å². The number of hydrogen-bond acceptors (Lipinski definition) is 5. The lowest BCUT2D eigenvalue weighted by Gasteiger charge is -2.05. The smallest absolute Gasteiger partial charge is 0.234 e. The molecular formula is C21H19N5OS. The van der Waals surface area contributed by atoms with Gasteiger partial charge in [-0.25, -0.2) is 0 Å². The molecule has 0 spiro atoms. The topological polar surface area (TPSA) is 72.2 Å². The number of thioether (sulfide) groups is 1. The van der Waals surface area contributed by atoms with Crippen LogP contribution in [0.25, 0.3) is 16.9 Å². The van der Waals surface area contributed by atoms with Crippen molar-refractivity contribution in [3.8, 4) is 11.3 Å². The first kappa shape index (κ1) is 18.2. The van der Waals surface area contributed by atoms with E-state index in [0.717, 1.165) is 22.5 Å². The van der Waals surface area contributed by atoms with Crippen LogP contribution in [0, 0.1) is 13.8 Å². The van der Waals surface area contributed by atoms with Gasteiger partial charge in [0.15, 0.2) is 5.65 Å². The van der Waals surface area contributed by atoms with Crippen LogP contribution in [-0.4, -0.2) is 31.5 Å². The quantitative estimate of drug-likeness (QED) is 0.520. The summed E-state index contributed by atoms with van der Waals surface area (Å²) in [6.45, 7) is 4.06. The van der Waals surface area contributed by atoms with E-state index < -0.39 is 0 Å². The number of nitrogens with zero attached hydrogens (tertiary/aromatic N) is 4. The first-order chi connectivity index (χ1) is 13.6. The molecular weight excluding hydrogens is 370 g/mol. The molecule has 2 heterocycles. The third kappa shape index (κ3) is 4.04. The largest absolute Gasteiger partial charge is 0.325 e. The third-order valence-corrected chi connectivity index (χ3v) is 5.17. The second-order valence-electron chi connectivity index (χ2n) is 6.54. The molecule has 0 aliphatic carbocycles. The van der Waals surface area contributed by atoms with E-state index in [9.17, 15) is 4.79 Å². The number of aromatic nitrogens is 4. The molecule has 0 fully saturated rings. The van der Waals surface area contributed by atoms with E-state index in [1.807, 2.05) is 55.5 Å². The van der Waals surface area contributed by atoms with Crippen LogP contribution in [0.2, 0.25) is 0 Å². The Hall–Kier alpha value is -3.19. The minimum atomic E-state index is -0.0970. The zero-order chi connectivity index (χ0) is 19.5. The average Bonchev–Trinajstić information content (AvgIpc) is 3.11. The first-order valence-corrected chi connectivity index (χ1v) is 9.86. The molecule has 7 heteroatoms. The van der Waals surface area contributed by atoms with E-state index in [2.05, 4.69) is 39.7 Å². The zero-order valence-electron chi connectivity index (χ0n) is 15.6. The van der Waals surface area contributed by atoms with Crippen molar-refractivity contribution in [3.63, 3.8) is 0 Å². The SMILES string of the molecule is Cc1ccc(NC(=O)CSc2nnc3ccc(-c4ccc(C)cc4)nn23)cc1. The molecule has 0 atom stereocenters. The van der Waals surface area contributed by atoms with Crippen LogP contribution in [0.15, 0.2) is 65.8 Å². The summed E-state index contributed by atoms with van der Waals surface area (Å²) in [6, 6.07) is 19.7. The number of benzene rings is 2. The third-order valence-electron chi connectivity index (χ3n) is 4.25. The van der Waals surface area contributed by atoms with Gasteiger partial charge in [-0.05, 0) is 38.1 Å². The lowest BCUT2D eigenvalue weighted by Crippen LogP contribution is -2.14. The van der Waals surface area contributed by atoms with Crippen LogP contribution >= 0.6 is 11.8 Å². The lowest BCUT2D eigenvalue weighted by atomic mass is 10.1. The molecule has 0 saturated carbocycles. The number of amides is 1. The number of carbonyl (C=O) groups is 1. The molecule has 0 radical (unpaired) electrons. The summed E-state index contributed by atoms with van der Waals surface area (Å²) in [4.78, 5) is 12.2. The van der Waals surface area contributed by atoms with Crippen LogP contribution in [0.4, 0.5) is 5.69 Å². The number of aryl methyl sites for hydroxylation is 2. The second-order valence-corrected chi connectivity index (χ2v) is 7.48. The van der Waals surface area contributed by atoms with Gasteiger partial charge in [0.25, 0.3) is 0 Å². The number of rotatable bonds is 5. The fraction of sp³-hybridized carbons (Fsp3) is 0.143. The first-order valence-electron chi connectivity index (χ1n) is 8.87. The number of carbonyl (C=O) groups excluding carboxylic acids is 1. The van der Waals surface area contributed by atoms with E-state index in [1.165, 1.54) is 17.3 Å². The Morgan fingerprint density at radius 3 is 2.32 bits per heavy atom. The van der Waals surface area contributed by atoms with Gasteiger partial charge < -0.3 is 5.32 Å². The van der Waals surface area contributed by atoms with Gasteiger partial charge in [0.1, 0.15) is 0 Å². The van der Waals surface area contributed by atoms with Gasteiger partial charge in [0.2, 0.25) is 11.1 Å². The molecule has 140 valence electrons. The van der Waals surface area contributed by atoms with Crippen LogP contribution in [0.1, 0.15) is 11.1 Å². The van der Waals surface area contributed by atoms with Crippen molar-refractivity contribution in [1.82, 2.24) is 19.8 Å². The van der Waals surface area contributed by atoms with Gasteiger partial charge in [-0.2, -0.15) is 9.61 Å². The van der Waals surface area contributed by atoms with E-state index in [-0.39, 0.29) is 11.7 Å². The Balaban J connectivity index is 1.49. The molecule has 2 aromatic carbocycles. The summed E-state index contributed by atoms with van der Waals surface area (Å²) >= 11 is 1.31. The standard InChI is InChI=1S/C21H19N5OS/c1-14-3-7-16(8-4-14)18-11-12-19-23-24-21(26(19)25-18)28-13-20(27)22-17-9-5-15(2)6-10-17/h3-12H,13H2,1-2H3,(H,22,27). The summed E-state index contributed by atoms with van der Waals surface area (Å²) in [7, 11) is 0. The Kier molecular flexibility index (Phi) is 5.08. The van der Waals surface area contributed by atoms with Crippen molar-refractivity contribution in [2.75, 3.05) is 11.1 Å². The van der Waals surface area contributed by atoms with Gasteiger partial charge in [0.05, 0.1) is 11.4 Å². The van der Waals surface area contributed by atoms with Gasteiger partial charge in [-0.15, -0.1) is 10.2 Å². The Morgan fingerprint density at radius 2 is 1.61 bits per heavy atom. The predicted octanol–water partition coefficient (Wildman–Crippen LogP) is 4.14. The Labute approximate surface area is 167 Å². The molecule has 0 aliphatic rings. The van der Waals surface area contributed by atoms with Crippen LogP contribution in [-0.2, 0) is 4.79 Å². The molecule has 2 aromatic heterocycles. The normalized spacial score (nSPS) is 10.9. The molecule has 6 nitrogen and oxygen atoms in total. The van der Waals surface area contributed by atoms with Gasteiger partial charge in [0, 0.05) is 11.3 Å². The fourth-order valence-corrected chi connectivity index (χ4v) is 3.39. The Morgan fingerprint density at radius 1 is 0.929 bits per heavy atom. The number of fused-ring (bicyclic) bond motifs is 1. The molecule has 0 bridgehead atoms. The van der Waals surface area contributed by atoms with Crippen molar-refractivity contribution >= 4 is 29.0 Å². The number of hydrogen-bond donors (Lipinski definition) is 1. The van der Waals surface area contributed by atoms with Gasteiger partial charge in [-0.3, -0.25) is 4.79 Å². The van der Waals surface area contributed by atoms with Crippen molar-refractivity contribution in [3.05, 3.63) is 71.8 Å². The summed E-state index contributed by atoms with van der Waals surface area (Å²) in [6.07, 6.45) is 0. The lowest BCUT2D eigenvalue weighted by molar-refractivity contribution is -0.113. The maximum Gasteiger partial charge on any atom is 0.234 e. The maximum atomic E-state index is 12.2. The van der Waals surface area contributed by atoms with Gasteiger partial charge in [-0.1, -0.05) is 59.3 Å². The van der Waals surface area contributed by atoms with E-state index in [1.54, 1.807) is 4.52 Å². The van der Waals surface area contributed by atoms with Crippen LogP contribution in [0.5, 0.6) is 0 Å². The van der Waals surface area contributed by atoms with Crippen LogP contribution in [0.3, 0.4) is 0 Å². The Bertz CT molecular complexity index is 1120. The van der Waals surface area contributed by atoms with E-state index in [0.29, 0.717) is 10.8 Å². The maximum absolute atomic E-state index is 12.2. The highest BCUT2D eigenvalue weighted by Gasteiger charge is 2.12. The van der Waals surface area contributed by atoms with Crippen molar-refractivity contribution < 1.29 is 4.79 Å². The average molecular weight is 389 g/mol. The predicted molar refractivity (Wildman–Crippen MR) is 111 cm³/mol. The molecule has 4 rings (SSSR count). The zero-order valence-corrected chi connectivity index (χ0v) is 16.4. The highest BCUT2D eigenvalue weighted by atomic mass is 32.2. The number of anilines is 1. The van der Waals surface area contributed by atoms with Crippen molar-refractivity contribution in [2.24, 2.45) is 0 Å². The molecule has 28 heavy (non-hydrogen) atoms. The molecule has 0 saturated heterocycles. The second kappa shape index (κ2) is 7.82.